The molecule has 0 amide bonds. The van der Waals surface area contributed by atoms with Crippen molar-refractivity contribution >= 4 is 32.3 Å². The van der Waals surface area contributed by atoms with Gasteiger partial charge in [0.2, 0.25) is 0 Å². The largest absolute Gasteiger partial charge is 0.256 e. The summed E-state index contributed by atoms with van der Waals surface area (Å²) in [5, 5.41) is 6.79. The molecule has 0 unspecified atom stereocenters. The molecule has 252 valence electrons. The van der Waals surface area contributed by atoms with E-state index in [1.165, 1.54) is 19.0 Å². The fourth-order valence-electron chi connectivity index (χ4n) is 7.13. The second-order valence-corrected chi connectivity index (χ2v) is 13.0. The Morgan fingerprint density at radius 2 is 0.537 bits per heavy atom. The molecule has 0 radical (unpaired) electrons. The van der Waals surface area contributed by atoms with Gasteiger partial charge in [0.1, 0.15) is 19.0 Å². The predicted molar refractivity (Wildman–Crippen MR) is 212 cm³/mol. The lowest BCUT2D eigenvalue weighted by Gasteiger charge is -2.15. The molecule has 0 spiro atoms. The van der Waals surface area contributed by atoms with Crippen LogP contribution in [0, 0.1) is 0 Å². The maximum Gasteiger partial charge on any atom is 0.115 e. The Hall–Kier alpha value is -7.65. The van der Waals surface area contributed by atoms with Crippen molar-refractivity contribution in [3.8, 4) is 67.2 Å². The predicted octanol–water partition coefficient (Wildman–Crippen LogP) is 9.70. The van der Waals surface area contributed by atoms with Crippen LogP contribution in [0.25, 0.3) is 99.5 Å². The summed E-state index contributed by atoms with van der Waals surface area (Å²) in [4.78, 5) is 39.6. The number of pyridine rings is 3. The molecule has 9 heteroatoms. The summed E-state index contributed by atoms with van der Waals surface area (Å²) < 4.78 is 0. The second-order valence-electron chi connectivity index (χ2n) is 13.0. The van der Waals surface area contributed by atoms with Crippen LogP contribution in [0.1, 0.15) is 0 Å². The van der Waals surface area contributed by atoms with Gasteiger partial charge in [-0.3, -0.25) is 15.0 Å². The highest BCUT2D eigenvalue weighted by molar-refractivity contribution is 6.26. The average Bonchev–Trinajstić information content (AvgIpc) is 3.27. The molecule has 9 nitrogen and oxygen atoms in total. The maximum atomic E-state index is 4.78. The average molecular weight is 694 g/mol. The van der Waals surface area contributed by atoms with Gasteiger partial charge in [0.25, 0.3) is 0 Å². The van der Waals surface area contributed by atoms with Gasteiger partial charge in [-0.1, -0.05) is 36.4 Å². The van der Waals surface area contributed by atoms with Crippen LogP contribution in [0.15, 0.2) is 166 Å². The van der Waals surface area contributed by atoms with Crippen LogP contribution in [0.5, 0.6) is 0 Å². The van der Waals surface area contributed by atoms with Crippen molar-refractivity contribution in [3.05, 3.63) is 166 Å². The number of aromatic nitrogens is 9. The first-order valence-corrected chi connectivity index (χ1v) is 17.3. The molecule has 0 N–H and O–H groups in total. The molecule has 0 aliphatic heterocycles. The van der Waals surface area contributed by atoms with Crippen molar-refractivity contribution in [3.63, 3.8) is 0 Å². The van der Waals surface area contributed by atoms with Crippen LogP contribution >= 0.6 is 0 Å². The Morgan fingerprint density at radius 3 is 0.833 bits per heavy atom. The van der Waals surface area contributed by atoms with Gasteiger partial charge in [-0.15, -0.1) is 0 Å². The molecule has 0 saturated carbocycles. The first kappa shape index (κ1) is 31.1. The number of hydrogen-bond donors (Lipinski definition) is 0. The Bertz CT molecular complexity index is 2640. The van der Waals surface area contributed by atoms with Crippen LogP contribution in [0.4, 0.5) is 0 Å². The molecule has 6 heterocycles. The topological polar surface area (TPSA) is 116 Å². The fraction of sp³-hybridized carbons (Fsp3) is 0. The third kappa shape index (κ3) is 5.66. The molecule has 10 rings (SSSR count). The van der Waals surface area contributed by atoms with Gasteiger partial charge in [0, 0.05) is 89.2 Å². The molecule has 0 atom stereocenters. The van der Waals surface area contributed by atoms with Gasteiger partial charge in [0.15, 0.2) is 0 Å². The van der Waals surface area contributed by atoms with Gasteiger partial charge < -0.3 is 0 Å². The van der Waals surface area contributed by atoms with Crippen molar-refractivity contribution in [1.29, 1.82) is 0 Å². The highest BCUT2D eigenvalue weighted by Gasteiger charge is 2.15. The Morgan fingerprint density at radius 1 is 0.241 bits per heavy atom. The van der Waals surface area contributed by atoms with Crippen molar-refractivity contribution in [2.45, 2.75) is 0 Å². The minimum Gasteiger partial charge on any atom is -0.256 e. The third-order valence-corrected chi connectivity index (χ3v) is 9.78. The quantitative estimate of drug-likeness (QED) is 0.157. The molecular formula is C45H27N9. The third-order valence-electron chi connectivity index (χ3n) is 9.78. The number of benzene rings is 4. The zero-order chi connectivity index (χ0) is 35.8. The fourth-order valence-corrected chi connectivity index (χ4v) is 7.13. The summed E-state index contributed by atoms with van der Waals surface area (Å²) in [6, 6.07) is 32.1. The molecular weight excluding hydrogens is 667 g/mol. The molecule has 4 aromatic carbocycles. The van der Waals surface area contributed by atoms with Crippen LogP contribution in [-0.4, -0.2) is 44.9 Å². The Balaban J connectivity index is 1.17. The first-order valence-electron chi connectivity index (χ1n) is 17.3. The van der Waals surface area contributed by atoms with Gasteiger partial charge in [-0.2, -0.15) is 0 Å². The van der Waals surface area contributed by atoms with E-state index in [4.69, 9.17) is 15.0 Å². The monoisotopic (exact) mass is 693 g/mol. The van der Waals surface area contributed by atoms with Crippen molar-refractivity contribution in [2.75, 3.05) is 0 Å². The van der Waals surface area contributed by atoms with E-state index in [1.54, 1.807) is 0 Å². The molecule has 0 saturated heterocycles. The summed E-state index contributed by atoms with van der Waals surface area (Å²) >= 11 is 0. The molecule has 0 aliphatic rings. The Kier molecular flexibility index (Phi) is 7.58. The van der Waals surface area contributed by atoms with E-state index in [2.05, 4.69) is 103 Å². The molecule has 0 bridgehead atoms. The van der Waals surface area contributed by atoms with Gasteiger partial charge >= 0.3 is 0 Å². The molecule has 0 fully saturated rings. The van der Waals surface area contributed by atoms with E-state index in [1.807, 2.05) is 74.0 Å². The first-order chi connectivity index (χ1) is 26.7. The van der Waals surface area contributed by atoms with E-state index >= 15 is 0 Å². The summed E-state index contributed by atoms with van der Waals surface area (Å²) in [7, 11) is 0. The normalized spacial score (nSPS) is 11.3. The molecule has 54 heavy (non-hydrogen) atoms. The van der Waals surface area contributed by atoms with Gasteiger partial charge in [0.05, 0.1) is 17.1 Å². The zero-order valence-corrected chi connectivity index (χ0v) is 28.6. The lowest BCUT2D eigenvalue weighted by Crippen LogP contribution is -1.91. The second kappa shape index (κ2) is 13.2. The van der Waals surface area contributed by atoms with Crippen molar-refractivity contribution in [1.82, 2.24) is 44.9 Å². The van der Waals surface area contributed by atoms with Gasteiger partial charge in [-0.25, -0.2) is 29.9 Å². The van der Waals surface area contributed by atoms with E-state index in [0.29, 0.717) is 0 Å². The number of rotatable bonds is 6. The maximum absolute atomic E-state index is 4.78. The lowest BCUT2D eigenvalue weighted by atomic mass is 9.90. The van der Waals surface area contributed by atoms with Gasteiger partial charge in [-0.05, 0) is 104 Å². The van der Waals surface area contributed by atoms with E-state index < -0.39 is 0 Å². The zero-order valence-electron chi connectivity index (χ0n) is 28.6. The van der Waals surface area contributed by atoms with Crippen molar-refractivity contribution in [2.24, 2.45) is 0 Å². The standard InChI is InChI=1S/C45H27N9/c1-4-37-40(13-31(1)43-16-28(7-10-52-43)34-19-46-25-47-20-34)38-5-2-33(45-18-30(9-12-54-45)36-23-50-27-51-24-36)15-42(38)39-6-3-32(14-41(37)39)44-17-29(8-11-53-44)35-21-48-26-49-22-35/h1-27H. The van der Waals surface area contributed by atoms with Crippen LogP contribution in [0.2, 0.25) is 0 Å². The lowest BCUT2D eigenvalue weighted by molar-refractivity contribution is 1.17. The van der Waals surface area contributed by atoms with E-state index in [9.17, 15) is 0 Å². The summed E-state index contributed by atoms with van der Waals surface area (Å²) in [5.41, 5.74) is 11.5. The summed E-state index contributed by atoms with van der Waals surface area (Å²) in [6.45, 7) is 0. The SMILES string of the molecule is c1ncc(-c2ccnc(-c3ccc4c(c3)c3ccc(-c5cc(-c6cncnc6)ccn5)cc3c3ccc(-c5cc(-c6cncnc6)ccn5)cc43)c2)cn1. The van der Waals surface area contributed by atoms with E-state index in [-0.39, 0.29) is 0 Å². The summed E-state index contributed by atoms with van der Waals surface area (Å²) in [5.74, 6) is 0. The molecule has 10 aromatic rings. The highest BCUT2D eigenvalue weighted by Crippen LogP contribution is 2.40. The number of hydrogen-bond acceptors (Lipinski definition) is 9. The smallest absolute Gasteiger partial charge is 0.115 e. The Labute approximate surface area is 309 Å². The van der Waals surface area contributed by atoms with Crippen LogP contribution in [-0.2, 0) is 0 Å². The van der Waals surface area contributed by atoms with Crippen molar-refractivity contribution < 1.29 is 0 Å². The number of fused-ring (bicyclic) bond motifs is 6. The number of nitrogens with zero attached hydrogens (tertiary/aromatic N) is 9. The van der Waals surface area contributed by atoms with Crippen LogP contribution < -0.4 is 0 Å². The summed E-state index contributed by atoms with van der Waals surface area (Å²) in [6.07, 6.45) is 21.0. The molecule has 0 aliphatic carbocycles. The minimum absolute atomic E-state index is 0.869. The van der Waals surface area contributed by atoms with E-state index in [0.717, 1.165) is 99.5 Å². The minimum atomic E-state index is 0.869. The van der Waals surface area contributed by atoms with Crippen LogP contribution in [0.3, 0.4) is 0 Å². The molecule has 6 aromatic heterocycles. The highest BCUT2D eigenvalue weighted by atomic mass is 14.8.